The maximum Gasteiger partial charge on any atom is 0.198 e. The Bertz CT molecular complexity index is 1930. The second-order valence-corrected chi connectivity index (χ2v) is 9.99. The van der Waals surface area contributed by atoms with Crippen molar-refractivity contribution in [2.45, 2.75) is 9.79 Å². The Morgan fingerprint density at radius 1 is 0.882 bits per heavy atom. The number of fused-ring (bicyclic) bond motifs is 9. The summed E-state index contributed by atoms with van der Waals surface area (Å²) in [6.07, 6.45) is 0. The summed E-state index contributed by atoms with van der Waals surface area (Å²) in [7, 11) is 1.64. The molecule has 1 aliphatic heterocycles. The summed E-state index contributed by atoms with van der Waals surface area (Å²) in [5, 5.41) is 18.8. The molecule has 0 radical (unpaired) electrons. The maximum atomic E-state index is 9.25. The molecule has 3 aromatic carbocycles. The molecule has 6 aromatic rings. The molecule has 7 rings (SSSR count). The third-order valence-corrected chi connectivity index (χ3v) is 8.17. The van der Waals surface area contributed by atoms with Gasteiger partial charge in [0, 0.05) is 15.4 Å². The quantitative estimate of drug-likeness (QED) is 0.346. The van der Waals surface area contributed by atoms with E-state index in [2.05, 4.69) is 12.1 Å². The predicted octanol–water partition coefficient (Wildman–Crippen LogP) is 4.99. The van der Waals surface area contributed by atoms with Crippen LogP contribution in [0.15, 0.2) is 76.5 Å². The average Bonchev–Trinajstić information content (AvgIpc) is 3.15. The van der Waals surface area contributed by atoms with Crippen LogP contribution in [0.3, 0.4) is 0 Å². The lowest BCUT2D eigenvalue weighted by Crippen LogP contribution is -2.29. The van der Waals surface area contributed by atoms with E-state index in [4.69, 9.17) is 20.1 Å². The van der Waals surface area contributed by atoms with Gasteiger partial charge in [-0.05, 0) is 36.4 Å². The van der Waals surface area contributed by atoms with Crippen molar-refractivity contribution in [3.05, 3.63) is 77.7 Å². The number of nitrogens with one attached hydrogen (secondary N) is 2. The Labute approximate surface area is 201 Å². The highest BCUT2D eigenvalue weighted by Gasteiger charge is 2.24. The van der Waals surface area contributed by atoms with E-state index >= 15 is 0 Å². The molecule has 2 N–H and O–H groups in total. The van der Waals surface area contributed by atoms with Gasteiger partial charge in [0.1, 0.15) is 27.9 Å². The summed E-state index contributed by atoms with van der Waals surface area (Å²) in [5.74, 6) is 1.41. The van der Waals surface area contributed by atoms with Crippen molar-refractivity contribution >= 4 is 49.3 Å². The van der Waals surface area contributed by atoms with Crippen LogP contribution in [0.5, 0.6) is 5.75 Å². The van der Waals surface area contributed by atoms with Gasteiger partial charge in [0.05, 0.1) is 23.0 Å². The molecule has 0 bridgehead atoms. The lowest BCUT2D eigenvalue weighted by Gasteiger charge is -2.14. The van der Waals surface area contributed by atoms with E-state index in [1.807, 2.05) is 59.2 Å². The van der Waals surface area contributed by atoms with Crippen LogP contribution in [-0.2, 0) is 0 Å². The first-order valence-corrected chi connectivity index (χ1v) is 12.2. The van der Waals surface area contributed by atoms with Gasteiger partial charge in [-0.1, -0.05) is 53.4 Å². The highest BCUT2D eigenvalue weighted by molar-refractivity contribution is 7.99. The summed E-state index contributed by atoms with van der Waals surface area (Å²) in [4.78, 5) is 12.6. The zero-order valence-corrected chi connectivity index (χ0v) is 19.5. The number of nitrogens with zero attached hydrogens (tertiary/aromatic N) is 4. The van der Waals surface area contributed by atoms with Gasteiger partial charge in [0.25, 0.3) is 0 Å². The summed E-state index contributed by atoms with van der Waals surface area (Å²) >= 11 is 3.14. The van der Waals surface area contributed by atoms with Crippen molar-refractivity contribution in [3.8, 4) is 22.8 Å². The minimum atomic E-state index is 0.199. The van der Waals surface area contributed by atoms with Gasteiger partial charge < -0.3 is 4.74 Å². The molecule has 0 saturated heterocycles. The molecule has 0 amide bonds. The molecule has 0 aliphatic carbocycles. The number of aromatic nitrogens is 4. The minimum Gasteiger partial charge on any atom is -0.497 e. The first-order valence-electron chi connectivity index (χ1n) is 10.6. The Balaban J connectivity index is 1.67. The first kappa shape index (κ1) is 19.5. The van der Waals surface area contributed by atoms with E-state index in [9.17, 15) is 5.41 Å². The van der Waals surface area contributed by atoms with Crippen LogP contribution in [0.25, 0.3) is 43.3 Å². The average molecular weight is 481 g/mol. The van der Waals surface area contributed by atoms with E-state index in [1.165, 1.54) is 11.3 Å². The number of para-hydroxylation sites is 1. The maximum absolute atomic E-state index is 9.25. The Morgan fingerprint density at radius 3 is 2.53 bits per heavy atom. The molecule has 34 heavy (non-hydrogen) atoms. The molecule has 164 valence electrons. The standard InChI is InChI=1S/C25H16N6OS2/c1-32-13-10-11-16-19(12-13)34-25-29-23-20(22(27)31(16)25)21(26)30-15-7-3-5-9-18(15)33-17-8-4-2-6-14(17)24(30)28-23/h2-12,26-27H,1H3. The Kier molecular flexibility index (Phi) is 4.03. The van der Waals surface area contributed by atoms with Gasteiger partial charge in [0.15, 0.2) is 10.6 Å². The van der Waals surface area contributed by atoms with Crippen LogP contribution < -0.4 is 15.7 Å². The highest BCUT2D eigenvalue weighted by Crippen LogP contribution is 2.41. The monoisotopic (exact) mass is 480 g/mol. The molecular formula is C25H16N6OS2. The third kappa shape index (κ3) is 2.59. The summed E-state index contributed by atoms with van der Waals surface area (Å²) in [5.41, 5.74) is 3.49. The van der Waals surface area contributed by atoms with Crippen molar-refractivity contribution in [2.24, 2.45) is 0 Å². The smallest absolute Gasteiger partial charge is 0.198 e. The molecule has 9 heteroatoms. The number of benzene rings is 3. The van der Waals surface area contributed by atoms with Crippen LogP contribution in [0.2, 0.25) is 0 Å². The molecule has 0 atom stereocenters. The van der Waals surface area contributed by atoms with Crippen LogP contribution in [0, 0.1) is 10.8 Å². The summed E-state index contributed by atoms with van der Waals surface area (Å²) in [6.45, 7) is 0. The molecule has 1 aliphatic rings. The first-order chi connectivity index (χ1) is 16.6. The lowest BCUT2D eigenvalue weighted by atomic mass is 10.2. The number of rotatable bonds is 1. The largest absolute Gasteiger partial charge is 0.497 e. The second-order valence-electron chi connectivity index (χ2n) is 7.90. The van der Waals surface area contributed by atoms with E-state index in [1.54, 1.807) is 23.3 Å². The summed E-state index contributed by atoms with van der Waals surface area (Å²) < 4.78 is 9.97. The number of methoxy groups -OCH3 is 1. The van der Waals surface area contributed by atoms with E-state index in [-0.39, 0.29) is 11.0 Å². The Hall–Kier alpha value is -3.95. The van der Waals surface area contributed by atoms with Crippen molar-refractivity contribution < 1.29 is 4.74 Å². The van der Waals surface area contributed by atoms with Crippen LogP contribution in [0.1, 0.15) is 0 Å². The molecule has 0 spiro atoms. The summed E-state index contributed by atoms with van der Waals surface area (Å²) in [6, 6.07) is 21.9. The number of hydrogen-bond donors (Lipinski definition) is 2. The number of hydrogen-bond acceptors (Lipinski definition) is 7. The zero-order chi connectivity index (χ0) is 23.0. The Morgan fingerprint density at radius 2 is 1.68 bits per heavy atom. The highest BCUT2D eigenvalue weighted by atomic mass is 32.2. The van der Waals surface area contributed by atoms with Crippen LogP contribution >= 0.6 is 23.1 Å². The lowest BCUT2D eigenvalue weighted by molar-refractivity contribution is 0.415. The van der Waals surface area contributed by atoms with Crippen molar-refractivity contribution in [1.29, 1.82) is 10.8 Å². The van der Waals surface area contributed by atoms with Crippen LogP contribution in [-0.4, -0.2) is 26.0 Å². The zero-order valence-electron chi connectivity index (χ0n) is 17.9. The van der Waals surface area contributed by atoms with E-state index in [0.717, 1.165) is 37.0 Å². The SMILES string of the molecule is COc1ccc2c(c1)sc1nc3nc4n(c(=N)c3c(=N)n12)-c1ccccc1Sc1ccccc1-4. The normalized spacial score (nSPS) is 12.4. The fourth-order valence-electron chi connectivity index (χ4n) is 4.46. The number of thiazole rings is 1. The van der Waals surface area contributed by atoms with Crippen LogP contribution in [0.4, 0.5) is 0 Å². The fraction of sp³-hybridized carbons (Fsp3) is 0.0400. The predicted molar refractivity (Wildman–Crippen MR) is 133 cm³/mol. The second kappa shape index (κ2) is 7.02. The van der Waals surface area contributed by atoms with Crippen molar-refractivity contribution in [2.75, 3.05) is 7.11 Å². The van der Waals surface area contributed by atoms with Crippen molar-refractivity contribution in [1.82, 2.24) is 18.9 Å². The van der Waals surface area contributed by atoms with Gasteiger partial charge in [-0.15, -0.1) is 0 Å². The van der Waals surface area contributed by atoms with Gasteiger partial charge >= 0.3 is 0 Å². The molecule has 0 unspecified atom stereocenters. The molecule has 7 nitrogen and oxygen atoms in total. The topological polar surface area (TPSA) is 92.1 Å². The molecule has 0 fully saturated rings. The van der Waals surface area contributed by atoms with Gasteiger partial charge in [-0.3, -0.25) is 19.8 Å². The third-order valence-electron chi connectivity index (χ3n) is 6.02. The van der Waals surface area contributed by atoms with Gasteiger partial charge in [0.2, 0.25) is 0 Å². The van der Waals surface area contributed by atoms with Gasteiger partial charge in [-0.2, -0.15) is 4.98 Å². The molecule has 4 heterocycles. The van der Waals surface area contributed by atoms with E-state index < -0.39 is 0 Å². The number of ether oxygens (including phenoxy) is 1. The molecule has 0 saturated carbocycles. The molecule has 3 aromatic heterocycles. The fourth-order valence-corrected chi connectivity index (χ4v) is 6.57. The van der Waals surface area contributed by atoms with E-state index in [0.29, 0.717) is 21.8 Å². The molecular weight excluding hydrogens is 464 g/mol. The van der Waals surface area contributed by atoms with Crippen molar-refractivity contribution in [3.63, 3.8) is 0 Å². The minimum absolute atomic E-state index is 0.199. The van der Waals surface area contributed by atoms with Gasteiger partial charge in [-0.25, -0.2) is 4.98 Å².